The number of hydrogen-bond acceptors (Lipinski definition) is 1. The van der Waals surface area contributed by atoms with Crippen LogP contribution in [0.5, 0.6) is 0 Å². The number of rotatable bonds is 3. The van der Waals surface area contributed by atoms with Crippen LogP contribution in [0.4, 0.5) is 0 Å². The first-order valence-corrected chi connectivity index (χ1v) is 7.99. The maximum Gasteiger partial charge on any atom is 0.0377 e. The van der Waals surface area contributed by atoms with Gasteiger partial charge in [0.15, 0.2) is 0 Å². The van der Waals surface area contributed by atoms with Gasteiger partial charge in [-0.25, -0.2) is 0 Å². The lowest BCUT2D eigenvalue weighted by molar-refractivity contribution is 0.262. The van der Waals surface area contributed by atoms with Crippen molar-refractivity contribution in [2.24, 2.45) is 22.2 Å². The van der Waals surface area contributed by atoms with E-state index in [0.29, 0.717) is 22.3 Å². The number of hydrogen-bond donors (Lipinski definition) is 1. The Balaban J connectivity index is 1.75. The molecule has 3 rings (SSSR count). The molecule has 0 amide bonds. The average molecular weight is 271 g/mol. The molecule has 0 saturated heterocycles. The molecule has 1 aromatic carbocycles. The van der Waals surface area contributed by atoms with Gasteiger partial charge in [-0.1, -0.05) is 65.8 Å². The van der Waals surface area contributed by atoms with Gasteiger partial charge in [0.1, 0.15) is 0 Å². The Kier molecular flexibility index (Phi) is 2.90. The van der Waals surface area contributed by atoms with Crippen molar-refractivity contribution in [3.63, 3.8) is 0 Å². The second kappa shape index (κ2) is 4.10. The summed E-state index contributed by atoms with van der Waals surface area (Å²) in [5.74, 6) is 0.790. The second-order valence-corrected chi connectivity index (χ2v) is 8.70. The van der Waals surface area contributed by atoms with Crippen LogP contribution >= 0.6 is 0 Å². The highest BCUT2D eigenvalue weighted by atomic mass is 15.0. The Bertz CT molecular complexity index is 510. The van der Waals surface area contributed by atoms with E-state index in [2.05, 4.69) is 71.1 Å². The normalized spacial score (nSPS) is 29.2. The molecule has 0 aromatic heterocycles. The zero-order valence-corrected chi connectivity index (χ0v) is 13.9. The third-order valence-corrected chi connectivity index (χ3v) is 6.64. The van der Waals surface area contributed by atoms with Gasteiger partial charge in [-0.3, -0.25) is 0 Å². The maximum atomic E-state index is 3.90. The van der Waals surface area contributed by atoms with Crippen molar-refractivity contribution in [1.82, 2.24) is 5.32 Å². The summed E-state index contributed by atoms with van der Waals surface area (Å²) in [7, 11) is 0. The van der Waals surface area contributed by atoms with Gasteiger partial charge in [0.2, 0.25) is 0 Å². The average Bonchev–Trinajstić information content (AvgIpc) is 2.61. The number of nitrogens with one attached hydrogen (secondary N) is 1. The zero-order chi connectivity index (χ0) is 14.8. The molecule has 1 unspecified atom stereocenters. The van der Waals surface area contributed by atoms with Crippen LogP contribution in [0, 0.1) is 22.2 Å². The Labute approximate surface area is 124 Å². The maximum absolute atomic E-state index is 3.90. The van der Waals surface area contributed by atoms with Gasteiger partial charge in [0.25, 0.3) is 0 Å². The Morgan fingerprint density at radius 3 is 2.20 bits per heavy atom. The van der Waals surface area contributed by atoms with E-state index in [1.165, 1.54) is 17.5 Å². The fourth-order valence-electron chi connectivity index (χ4n) is 4.46. The predicted molar refractivity (Wildman–Crippen MR) is 85.7 cm³/mol. The van der Waals surface area contributed by atoms with Crippen molar-refractivity contribution in [2.45, 2.75) is 54.0 Å². The molecule has 0 bridgehead atoms. The van der Waals surface area contributed by atoms with Crippen LogP contribution < -0.4 is 5.32 Å². The van der Waals surface area contributed by atoms with Gasteiger partial charge in [0.05, 0.1) is 0 Å². The summed E-state index contributed by atoms with van der Waals surface area (Å²) in [4.78, 5) is 0. The molecule has 1 atom stereocenters. The molecule has 1 N–H and O–H groups in total. The van der Waals surface area contributed by atoms with E-state index in [1.54, 1.807) is 0 Å². The van der Waals surface area contributed by atoms with Crippen molar-refractivity contribution >= 4 is 0 Å². The molecule has 0 heterocycles. The summed E-state index contributed by atoms with van der Waals surface area (Å²) in [6, 6.07) is 9.46. The third kappa shape index (κ3) is 1.86. The molecule has 110 valence electrons. The van der Waals surface area contributed by atoms with Gasteiger partial charge in [0, 0.05) is 6.04 Å². The smallest absolute Gasteiger partial charge is 0.0377 e. The molecular weight excluding hydrogens is 242 g/mol. The first-order valence-electron chi connectivity index (χ1n) is 7.99. The first kappa shape index (κ1) is 14.1. The first-order chi connectivity index (χ1) is 9.18. The fourth-order valence-corrected chi connectivity index (χ4v) is 4.46. The van der Waals surface area contributed by atoms with E-state index in [-0.39, 0.29) is 0 Å². The molecule has 0 radical (unpaired) electrons. The minimum Gasteiger partial charge on any atom is -0.309 e. The van der Waals surface area contributed by atoms with Gasteiger partial charge in [-0.2, -0.15) is 0 Å². The van der Waals surface area contributed by atoms with E-state index in [1.807, 2.05) is 0 Å². The fraction of sp³-hybridized carbons (Fsp3) is 0.684. The van der Waals surface area contributed by atoms with Crippen LogP contribution in [0.2, 0.25) is 0 Å². The van der Waals surface area contributed by atoms with E-state index in [0.717, 1.165) is 12.5 Å². The van der Waals surface area contributed by atoms with Crippen molar-refractivity contribution in [2.75, 3.05) is 6.54 Å². The highest BCUT2D eigenvalue weighted by molar-refractivity contribution is 5.37. The van der Waals surface area contributed by atoms with Crippen LogP contribution in [-0.4, -0.2) is 6.54 Å². The topological polar surface area (TPSA) is 12.0 Å². The highest BCUT2D eigenvalue weighted by Crippen LogP contribution is 2.68. The molecule has 2 aliphatic rings. The van der Waals surface area contributed by atoms with E-state index in [4.69, 9.17) is 0 Å². The summed E-state index contributed by atoms with van der Waals surface area (Å²) < 4.78 is 0. The molecular formula is C19H29N. The predicted octanol–water partition coefficient (Wildman–Crippen LogP) is 4.58. The minimum atomic E-state index is 0.326. The van der Waals surface area contributed by atoms with Crippen molar-refractivity contribution in [3.8, 4) is 0 Å². The molecule has 1 saturated carbocycles. The Morgan fingerprint density at radius 2 is 1.60 bits per heavy atom. The lowest BCUT2D eigenvalue weighted by Gasteiger charge is -2.29. The van der Waals surface area contributed by atoms with E-state index in [9.17, 15) is 0 Å². The standard InChI is InChI=1S/C19H29N/c1-17(2)11-13-9-7-8-10-14(13)16(17)20-12-15-18(3,4)19(15,5)6/h7-10,15-16,20H,11-12H2,1-6H3. The van der Waals surface area contributed by atoms with Crippen LogP contribution in [0.3, 0.4) is 0 Å². The minimum absolute atomic E-state index is 0.326. The molecule has 20 heavy (non-hydrogen) atoms. The van der Waals surface area contributed by atoms with Crippen LogP contribution in [0.15, 0.2) is 24.3 Å². The monoisotopic (exact) mass is 271 g/mol. The van der Waals surface area contributed by atoms with Crippen molar-refractivity contribution in [1.29, 1.82) is 0 Å². The lowest BCUT2D eigenvalue weighted by atomic mass is 9.85. The Hall–Kier alpha value is -0.820. The van der Waals surface area contributed by atoms with E-state index >= 15 is 0 Å². The van der Waals surface area contributed by atoms with Gasteiger partial charge in [-0.05, 0) is 46.3 Å². The van der Waals surface area contributed by atoms with Crippen LogP contribution in [-0.2, 0) is 6.42 Å². The summed E-state index contributed by atoms with van der Waals surface area (Å²) in [5, 5.41) is 3.90. The molecule has 1 fully saturated rings. The van der Waals surface area contributed by atoms with Gasteiger partial charge < -0.3 is 5.32 Å². The second-order valence-electron chi connectivity index (χ2n) is 8.70. The van der Waals surface area contributed by atoms with Crippen LogP contribution in [0.1, 0.15) is 58.7 Å². The lowest BCUT2D eigenvalue weighted by Crippen LogP contribution is -2.33. The highest BCUT2D eigenvalue weighted by Gasteiger charge is 2.64. The van der Waals surface area contributed by atoms with E-state index < -0.39 is 0 Å². The summed E-state index contributed by atoms with van der Waals surface area (Å²) in [6.45, 7) is 15.6. The van der Waals surface area contributed by atoms with Gasteiger partial charge in [-0.15, -0.1) is 0 Å². The van der Waals surface area contributed by atoms with Crippen LogP contribution in [0.25, 0.3) is 0 Å². The SMILES string of the molecule is CC1(C)Cc2ccccc2C1NCC1C(C)(C)C1(C)C. The zero-order valence-electron chi connectivity index (χ0n) is 13.9. The molecule has 1 nitrogen and oxygen atoms in total. The molecule has 2 aliphatic carbocycles. The number of fused-ring (bicyclic) bond motifs is 1. The summed E-state index contributed by atoms with van der Waals surface area (Å²) in [6.07, 6.45) is 1.19. The number of benzene rings is 1. The molecule has 0 spiro atoms. The molecule has 0 aliphatic heterocycles. The van der Waals surface area contributed by atoms with Crippen molar-refractivity contribution < 1.29 is 0 Å². The molecule has 1 aromatic rings. The summed E-state index contributed by atoms with van der Waals surface area (Å²) >= 11 is 0. The largest absolute Gasteiger partial charge is 0.309 e. The third-order valence-electron chi connectivity index (χ3n) is 6.64. The Morgan fingerprint density at radius 1 is 1.00 bits per heavy atom. The summed E-state index contributed by atoms with van der Waals surface area (Å²) in [5.41, 5.74) is 4.33. The van der Waals surface area contributed by atoms with Gasteiger partial charge >= 0.3 is 0 Å². The van der Waals surface area contributed by atoms with Crippen molar-refractivity contribution in [3.05, 3.63) is 35.4 Å². The molecule has 1 heteroatoms. The quantitative estimate of drug-likeness (QED) is 0.848.